The number of benzene rings is 1. The Morgan fingerprint density at radius 3 is 1.45 bits per heavy atom. The van der Waals surface area contributed by atoms with Crippen molar-refractivity contribution in [2.75, 3.05) is 6.61 Å². The number of hydrogen-bond donors (Lipinski definition) is 0. The number of carbonyl (C=O) groups is 2. The second kappa shape index (κ2) is 17.7. The fourth-order valence-electron chi connectivity index (χ4n) is 3.23. The fraction of sp³-hybridized carbons (Fsp3) is 0.0667. The van der Waals surface area contributed by atoms with Gasteiger partial charge >= 0.3 is 46.1 Å². The molecule has 0 unspecified atom stereocenters. The molecule has 0 aromatic heterocycles. The van der Waals surface area contributed by atoms with E-state index < -0.39 is 18.2 Å². The van der Waals surface area contributed by atoms with Gasteiger partial charge in [0.25, 0.3) is 0 Å². The van der Waals surface area contributed by atoms with Crippen molar-refractivity contribution in [2.24, 2.45) is 0 Å². The minimum atomic E-state index is -2.78. The number of carbonyl (C=O) groups excluding carboxylic acids is 2. The Hall–Kier alpha value is -2.75. The maximum atomic E-state index is 12.9. The summed E-state index contributed by atoms with van der Waals surface area (Å²) in [6, 6.07) is 41.3. The Morgan fingerprint density at radius 2 is 1.11 bits per heavy atom. The average Bonchev–Trinajstić information content (AvgIpc) is 3.72. The zero-order valence-electron chi connectivity index (χ0n) is 20.6. The van der Waals surface area contributed by atoms with Crippen LogP contribution in [0.3, 0.4) is 0 Å². The van der Waals surface area contributed by atoms with Crippen LogP contribution in [-0.2, 0) is 55.2 Å². The van der Waals surface area contributed by atoms with E-state index in [1.807, 2.05) is 109 Å². The molecule has 198 valence electrons. The zero-order valence-corrected chi connectivity index (χ0v) is 24.5. The van der Waals surface area contributed by atoms with E-state index in [0.717, 1.165) is 10.6 Å². The maximum Gasteiger partial charge on any atom is 2.00 e. The van der Waals surface area contributed by atoms with E-state index >= 15 is 0 Å². The molecule has 8 heteroatoms. The average molecular weight is 626 g/mol. The van der Waals surface area contributed by atoms with Crippen molar-refractivity contribution in [3.63, 3.8) is 0 Å². The van der Waals surface area contributed by atoms with Crippen LogP contribution in [0, 0.1) is 0 Å². The quantitative estimate of drug-likeness (QED) is 0.0958. The Kier molecular flexibility index (Phi) is 15.5. The first-order chi connectivity index (χ1) is 17.6. The Morgan fingerprint density at radius 1 is 0.711 bits per heavy atom. The smallest absolute Gasteiger partial charge is 0.462 e. The number of esters is 1. The number of hydrogen-bond acceptors (Lipinski definition) is 5. The molecule has 0 aliphatic rings. The molecule has 0 saturated carbocycles. The van der Waals surface area contributed by atoms with Gasteiger partial charge in [0.2, 0.25) is 0 Å². The first-order valence-electron chi connectivity index (χ1n) is 11.4. The Labute approximate surface area is 250 Å². The first kappa shape index (κ1) is 33.3. The summed E-state index contributed by atoms with van der Waals surface area (Å²) in [6.07, 6.45) is -2.78. The summed E-state index contributed by atoms with van der Waals surface area (Å²) >= 11 is 5.83. The van der Waals surface area contributed by atoms with E-state index in [-0.39, 0.29) is 51.9 Å². The van der Waals surface area contributed by atoms with E-state index in [1.54, 1.807) is 31.2 Å². The second-order valence-electron chi connectivity index (χ2n) is 7.41. The molecule has 0 heterocycles. The molecule has 0 radical (unpaired) electrons. The molecule has 0 fully saturated rings. The van der Waals surface area contributed by atoms with Gasteiger partial charge in [-0.25, -0.2) is 58.1 Å². The van der Waals surface area contributed by atoms with Crippen molar-refractivity contribution in [1.82, 2.24) is 0 Å². The molecule has 5 rings (SSSR count). The minimum absolute atomic E-state index is 0. The summed E-state index contributed by atoms with van der Waals surface area (Å²) < 4.78 is 10.9. The third-order valence-corrected chi connectivity index (χ3v) is 8.80. The summed E-state index contributed by atoms with van der Waals surface area (Å²) in [4.78, 5) is 25.1. The van der Waals surface area contributed by atoms with E-state index in [9.17, 15) is 9.59 Å². The predicted molar refractivity (Wildman–Crippen MR) is 150 cm³/mol. The van der Waals surface area contributed by atoms with Gasteiger partial charge in [0, 0.05) is 0 Å². The summed E-state index contributed by atoms with van der Waals surface area (Å²) in [5, 5.41) is 1.58. The van der Waals surface area contributed by atoms with Gasteiger partial charge in [-0.05, 0) is 19.1 Å². The van der Waals surface area contributed by atoms with Crippen molar-refractivity contribution in [1.29, 1.82) is 0 Å². The molecule has 0 amide bonds. The van der Waals surface area contributed by atoms with E-state index in [1.165, 1.54) is 0 Å². The third kappa shape index (κ3) is 9.53. The van der Waals surface area contributed by atoms with Crippen LogP contribution in [0.4, 0.5) is 0 Å². The number of rotatable bonds is 6. The van der Waals surface area contributed by atoms with E-state index in [2.05, 4.69) is 0 Å². The van der Waals surface area contributed by atoms with Crippen LogP contribution in [0.5, 0.6) is 0 Å². The molecule has 38 heavy (non-hydrogen) atoms. The normalized spacial score (nSPS) is 9.71. The van der Waals surface area contributed by atoms with Crippen LogP contribution >= 0.6 is 6.26 Å². The molecule has 0 N–H and O–H groups in total. The van der Waals surface area contributed by atoms with Crippen LogP contribution in [-0.4, -0.2) is 18.5 Å². The van der Waals surface area contributed by atoms with Gasteiger partial charge in [-0.3, -0.25) is 0 Å². The van der Waals surface area contributed by atoms with E-state index in [0.29, 0.717) is 0 Å². The van der Waals surface area contributed by atoms with Gasteiger partial charge in [-0.15, -0.1) is 0 Å². The van der Waals surface area contributed by atoms with Crippen molar-refractivity contribution in [3.8, 4) is 0 Å². The van der Waals surface area contributed by atoms with Crippen molar-refractivity contribution in [2.45, 2.75) is 6.92 Å². The molecule has 5 aromatic carbocycles. The largest absolute Gasteiger partial charge is 2.00 e. The Balaban J connectivity index is 0.000000501. The third-order valence-electron chi connectivity index (χ3n) is 4.93. The molecule has 0 spiro atoms. The number of ether oxygens (including phenoxy) is 1. The monoisotopic (exact) mass is 626 g/mol. The van der Waals surface area contributed by atoms with Gasteiger partial charge in [-0.1, -0.05) is 34.5 Å². The molecule has 0 aliphatic heterocycles. The first-order valence-corrected chi connectivity index (χ1v) is 14.2. The van der Waals surface area contributed by atoms with Gasteiger partial charge in [0.05, 0.1) is 24.0 Å². The van der Waals surface area contributed by atoms with Crippen molar-refractivity contribution >= 4 is 40.6 Å². The van der Waals surface area contributed by atoms with Crippen molar-refractivity contribution < 1.29 is 53.0 Å². The second-order valence-corrected chi connectivity index (χ2v) is 11.3. The van der Waals surface area contributed by atoms with Crippen LogP contribution in [0.15, 0.2) is 133 Å². The standard InChI is InChI=1S/C20H17O4PS.2C5H5.2Fe/c1-2-23-19(21)17-13-7-8-14-18(17)20(22)24-25(26,15-9-3-4-10-15)16-11-5-6-12-16;2*1-2-4-5-3-1;;/h3-14H,2H2,1H3;2*1-5H;;/q-2;2*-1;2*+2. The van der Waals surface area contributed by atoms with Crippen LogP contribution in [0.1, 0.15) is 27.6 Å². The minimum Gasteiger partial charge on any atom is -0.462 e. The molecular formula is C30H27Fe2O4PS. The summed E-state index contributed by atoms with van der Waals surface area (Å²) in [5.41, 5.74) is 0.323. The van der Waals surface area contributed by atoms with E-state index in [4.69, 9.17) is 21.1 Å². The van der Waals surface area contributed by atoms with Gasteiger partial charge in [-0.2, -0.15) is 60.7 Å². The molecule has 0 bridgehead atoms. The van der Waals surface area contributed by atoms with Gasteiger partial charge < -0.3 is 9.26 Å². The van der Waals surface area contributed by atoms with Crippen LogP contribution in [0.25, 0.3) is 0 Å². The van der Waals surface area contributed by atoms with Gasteiger partial charge in [0.1, 0.15) is 0 Å². The SMILES string of the molecule is CCOC(=O)c1ccccc1C(=O)OP(=S)([c-]1cccc1)[c-]1cccc1.[Fe+2].[Fe+2].c1cc[cH-]c1.c1cc[cH-]c1. The Bertz CT molecular complexity index is 1230. The zero-order chi connectivity index (χ0) is 25.6. The molecule has 5 aromatic rings. The molecular weight excluding hydrogens is 599 g/mol. The van der Waals surface area contributed by atoms with Gasteiger partial charge in [0.15, 0.2) is 0 Å². The van der Waals surface area contributed by atoms with Crippen molar-refractivity contribution in [3.05, 3.63) is 145 Å². The molecule has 0 saturated heterocycles. The molecule has 0 atom stereocenters. The molecule has 0 aliphatic carbocycles. The summed E-state index contributed by atoms with van der Waals surface area (Å²) in [5.74, 6) is -1.19. The topological polar surface area (TPSA) is 52.6 Å². The predicted octanol–water partition coefficient (Wildman–Crippen LogP) is 6.31. The summed E-state index contributed by atoms with van der Waals surface area (Å²) in [6.45, 7) is 1.94. The summed E-state index contributed by atoms with van der Waals surface area (Å²) in [7, 11) is 0. The molecule has 4 nitrogen and oxygen atoms in total. The fourth-order valence-corrected chi connectivity index (χ4v) is 6.13. The maximum absolute atomic E-state index is 12.9. The van der Waals surface area contributed by atoms with Crippen LogP contribution < -0.4 is 10.6 Å². The van der Waals surface area contributed by atoms with Crippen LogP contribution in [0.2, 0.25) is 0 Å².